The van der Waals surface area contributed by atoms with Crippen LogP contribution in [0.5, 0.6) is 0 Å². The van der Waals surface area contributed by atoms with Gasteiger partial charge < -0.3 is 10.2 Å². The van der Waals surface area contributed by atoms with Crippen molar-refractivity contribution in [2.45, 2.75) is 71.5 Å². The number of amides is 2. The second-order valence-corrected chi connectivity index (χ2v) is 6.56. The first-order valence-electron chi connectivity index (χ1n) is 7.48. The third-order valence-electron chi connectivity index (χ3n) is 4.85. The molecule has 0 aromatic rings. The smallest absolute Gasteiger partial charge is 0.246 e. The fourth-order valence-electron chi connectivity index (χ4n) is 3.28. The third-order valence-corrected chi connectivity index (χ3v) is 4.85. The van der Waals surface area contributed by atoms with Crippen LogP contribution in [0.1, 0.15) is 53.9 Å². The first kappa shape index (κ1) is 14.4. The summed E-state index contributed by atoms with van der Waals surface area (Å²) < 4.78 is 0. The highest BCUT2D eigenvalue weighted by atomic mass is 16.2. The van der Waals surface area contributed by atoms with Gasteiger partial charge in [-0.2, -0.15) is 0 Å². The summed E-state index contributed by atoms with van der Waals surface area (Å²) in [6, 6.07) is -0.289. The Morgan fingerprint density at radius 3 is 2.32 bits per heavy atom. The molecule has 2 aliphatic rings. The Morgan fingerprint density at radius 2 is 1.89 bits per heavy atom. The van der Waals surface area contributed by atoms with Gasteiger partial charge in [-0.25, -0.2) is 0 Å². The van der Waals surface area contributed by atoms with Crippen molar-refractivity contribution in [3.63, 3.8) is 0 Å². The Hall–Kier alpha value is -1.06. The molecule has 1 aliphatic heterocycles. The van der Waals surface area contributed by atoms with Crippen LogP contribution in [0.15, 0.2) is 0 Å². The van der Waals surface area contributed by atoms with Crippen molar-refractivity contribution in [1.29, 1.82) is 0 Å². The molecule has 0 aromatic carbocycles. The Bertz CT molecular complexity index is 390. The van der Waals surface area contributed by atoms with E-state index in [0.29, 0.717) is 5.92 Å². The Morgan fingerprint density at radius 1 is 1.32 bits per heavy atom. The molecule has 0 bridgehead atoms. The number of rotatable bonds is 4. The number of hydrogen-bond acceptors (Lipinski definition) is 2. The summed E-state index contributed by atoms with van der Waals surface area (Å²) >= 11 is 0. The fourth-order valence-corrected chi connectivity index (χ4v) is 3.28. The molecule has 2 amide bonds. The van der Waals surface area contributed by atoms with E-state index in [9.17, 15) is 9.59 Å². The molecular formula is C15H26N2O2. The van der Waals surface area contributed by atoms with Crippen molar-refractivity contribution in [2.24, 2.45) is 11.8 Å². The predicted octanol–water partition coefficient (Wildman–Crippen LogP) is 1.94. The van der Waals surface area contributed by atoms with Crippen LogP contribution in [0.4, 0.5) is 0 Å². The maximum absolute atomic E-state index is 12.8. The van der Waals surface area contributed by atoms with Crippen molar-refractivity contribution in [2.75, 3.05) is 0 Å². The van der Waals surface area contributed by atoms with Crippen LogP contribution >= 0.6 is 0 Å². The highest BCUT2D eigenvalue weighted by Crippen LogP contribution is 2.45. The fraction of sp³-hybridized carbons (Fsp3) is 0.867. The third kappa shape index (κ3) is 2.15. The molecule has 19 heavy (non-hydrogen) atoms. The van der Waals surface area contributed by atoms with Gasteiger partial charge in [0.2, 0.25) is 11.8 Å². The monoisotopic (exact) mass is 266 g/mol. The molecule has 2 fully saturated rings. The molecule has 1 N–H and O–H groups in total. The van der Waals surface area contributed by atoms with Gasteiger partial charge in [-0.3, -0.25) is 9.59 Å². The van der Waals surface area contributed by atoms with Gasteiger partial charge in [0.15, 0.2) is 0 Å². The molecule has 1 saturated carbocycles. The van der Waals surface area contributed by atoms with E-state index in [-0.39, 0.29) is 29.8 Å². The van der Waals surface area contributed by atoms with Crippen LogP contribution < -0.4 is 5.32 Å². The lowest BCUT2D eigenvalue weighted by Gasteiger charge is -2.49. The van der Waals surface area contributed by atoms with Gasteiger partial charge in [-0.15, -0.1) is 0 Å². The van der Waals surface area contributed by atoms with Gasteiger partial charge in [0.25, 0.3) is 0 Å². The molecule has 3 atom stereocenters. The molecule has 108 valence electrons. The van der Waals surface area contributed by atoms with Gasteiger partial charge in [-0.05, 0) is 45.4 Å². The largest absolute Gasteiger partial charge is 0.342 e. The van der Waals surface area contributed by atoms with E-state index in [4.69, 9.17) is 0 Å². The topological polar surface area (TPSA) is 49.4 Å². The molecule has 3 unspecified atom stereocenters. The van der Waals surface area contributed by atoms with Crippen molar-refractivity contribution in [1.82, 2.24) is 10.2 Å². The van der Waals surface area contributed by atoms with Crippen molar-refractivity contribution < 1.29 is 9.59 Å². The average Bonchev–Trinajstić information content (AvgIpc) is 3.16. The predicted molar refractivity (Wildman–Crippen MR) is 74.5 cm³/mol. The summed E-state index contributed by atoms with van der Waals surface area (Å²) in [5, 5.41) is 2.98. The number of carbonyl (C=O) groups excluding carboxylic acids is 2. The SMILES string of the molecule is CCC(C)C1NC(=O)C(C)(C2CC2)N(C(C)C)C1=O. The molecule has 1 saturated heterocycles. The molecule has 4 nitrogen and oxygen atoms in total. The normalized spacial score (nSPS) is 33.6. The van der Waals surface area contributed by atoms with E-state index < -0.39 is 5.54 Å². The lowest BCUT2D eigenvalue weighted by Crippen LogP contribution is -2.72. The summed E-state index contributed by atoms with van der Waals surface area (Å²) in [6.45, 7) is 10.0. The Balaban J connectivity index is 2.35. The number of nitrogens with zero attached hydrogens (tertiary/aromatic N) is 1. The first-order valence-corrected chi connectivity index (χ1v) is 7.48. The second kappa shape index (κ2) is 4.80. The van der Waals surface area contributed by atoms with E-state index in [2.05, 4.69) is 12.2 Å². The lowest BCUT2D eigenvalue weighted by atomic mass is 9.84. The zero-order valence-corrected chi connectivity index (χ0v) is 12.7. The summed E-state index contributed by atoms with van der Waals surface area (Å²) in [4.78, 5) is 27.2. The minimum absolute atomic E-state index is 0.0357. The maximum Gasteiger partial charge on any atom is 0.246 e. The molecule has 0 aromatic heterocycles. The summed E-state index contributed by atoms with van der Waals surface area (Å²) in [5.74, 6) is 0.644. The summed E-state index contributed by atoms with van der Waals surface area (Å²) in [7, 11) is 0. The highest BCUT2D eigenvalue weighted by molar-refractivity contribution is 6.00. The van der Waals surface area contributed by atoms with Crippen LogP contribution in [0.2, 0.25) is 0 Å². The minimum atomic E-state index is -0.644. The van der Waals surface area contributed by atoms with Crippen LogP contribution in [0.3, 0.4) is 0 Å². The standard InChI is InChI=1S/C15H26N2O2/c1-6-10(4)12-13(18)17(9(2)3)15(5,11-7-8-11)14(19)16-12/h9-12H,6-8H2,1-5H3,(H,16,19). The number of nitrogens with one attached hydrogen (secondary N) is 1. The van der Waals surface area contributed by atoms with Crippen LogP contribution in [-0.4, -0.2) is 34.3 Å². The Kier molecular flexibility index (Phi) is 3.63. The zero-order chi connectivity index (χ0) is 14.4. The lowest BCUT2D eigenvalue weighted by molar-refractivity contribution is -0.162. The average molecular weight is 266 g/mol. The van der Waals surface area contributed by atoms with Crippen LogP contribution in [-0.2, 0) is 9.59 Å². The minimum Gasteiger partial charge on any atom is -0.342 e. The van der Waals surface area contributed by atoms with Crippen LogP contribution in [0.25, 0.3) is 0 Å². The van der Waals surface area contributed by atoms with Gasteiger partial charge in [0, 0.05) is 6.04 Å². The van der Waals surface area contributed by atoms with Crippen LogP contribution in [0, 0.1) is 11.8 Å². The van der Waals surface area contributed by atoms with Crippen molar-refractivity contribution in [3.05, 3.63) is 0 Å². The molecule has 1 heterocycles. The van der Waals surface area contributed by atoms with Gasteiger partial charge in [-0.1, -0.05) is 20.3 Å². The molecule has 0 radical (unpaired) electrons. The molecule has 2 rings (SSSR count). The van der Waals surface area contributed by atoms with E-state index in [1.165, 1.54) is 0 Å². The maximum atomic E-state index is 12.8. The van der Waals surface area contributed by atoms with Crippen molar-refractivity contribution >= 4 is 11.8 Å². The molecule has 4 heteroatoms. The van der Waals surface area contributed by atoms with Gasteiger partial charge in [0.1, 0.15) is 11.6 Å². The quantitative estimate of drug-likeness (QED) is 0.845. The molecule has 0 spiro atoms. The summed E-state index contributed by atoms with van der Waals surface area (Å²) in [5.41, 5.74) is -0.644. The van der Waals surface area contributed by atoms with E-state index >= 15 is 0 Å². The van der Waals surface area contributed by atoms with Gasteiger partial charge >= 0.3 is 0 Å². The van der Waals surface area contributed by atoms with E-state index in [1.807, 2.05) is 32.6 Å². The summed E-state index contributed by atoms with van der Waals surface area (Å²) in [6.07, 6.45) is 2.99. The van der Waals surface area contributed by atoms with E-state index in [0.717, 1.165) is 19.3 Å². The number of carbonyl (C=O) groups is 2. The van der Waals surface area contributed by atoms with Gasteiger partial charge in [0.05, 0.1) is 0 Å². The molecule has 1 aliphatic carbocycles. The van der Waals surface area contributed by atoms with E-state index in [1.54, 1.807) is 0 Å². The first-order chi connectivity index (χ1) is 8.83. The number of hydrogen-bond donors (Lipinski definition) is 1. The number of piperazine rings is 1. The molecular weight excluding hydrogens is 240 g/mol. The highest BCUT2D eigenvalue weighted by Gasteiger charge is 2.58. The second-order valence-electron chi connectivity index (χ2n) is 6.56. The zero-order valence-electron chi connectivity index (χ0n) is 12.7. The Labute approximate surface area is 115 Å². The van der Waals surface area contributed by atoms with Crippen molar-refractivity contribution in [3.8, 4) is 0 Å².